The number of amides is 1. The lowest BCUT2D eigenvalue weighted by atomic mass is 10.1. The normalized spacial score (nSPS) is 13.2. The smallest absolute Gasteiger partial charge is 0.355 e. The Morgan fingerprint density at radius 2 is 1.74 bits per heavy atom. The molecule has 0 aromatic heterocycles. The Bertz CT molecular complexity index is 910. The molecular weight excluding hydrogens is 381 g/mol. The van der Waals surface area contributed by atoms with E-state index in [4.69, 9.17) is 0 Å². The molecule has 0 saturated heterocycles. The molecule has 2 N–H and O–H groups in total. The van der Waals surface area contributed by atoms with E-state index in [9.17, 15) is 26.4 Å². The molecule has 2 aromatic rings. The van der Waals surface area contributed by atoms with E-state index in [1.165, 1.54) is 50.4 Å². The zero-order valence-electron chi connectivity index (χ0n) is 14.7. The lowest BCUT2D eigenvalue weighted by molar-refractivity contribution is -0.137. The van der Waals surface area contributed by atoms with E-state index in [-0.39, 0.29) is 17.2 Å². The lowest BCUT2D eigenvalue weighted by Gasteiger charge is -2.16. The summed E-state index contributed by atoms with van der Waals surface area (Å²) in [6.07, 6.45) is -4.50. The summed E-state index contributed by atoms with van der Waals surface area (Å²) >= 11 is 0. The van der Waals surface area contributed by atoms with Crippen LogP contribution >= 0.6 is 0 Å². The van der Waals surface area contributed by atoms with E-state index in [2.05, 4.69) is 10.0 Å². The first kappa shape index (κ1) is 20.9. The number of rotatable bonds is 6. The Morgan fingerprint density at radius 3 is 2.30 bits per heavy atom. The largest absolute Gasteiger partial charge is 0.416 e. The van der Waals surface area contributed by atoms with E-state index in [0.29, 0.717) is 11.1 Å². The third-order valence-electron chi connectivity index (χ3n) is 3.87. The van der Waals surface area contributed by atoms with Crippen molar-refractivity contribution in [3.8, 4) is 0 Å². The van der Waals surface area contributed by atoms with Crippen molar-refractivity contribution >= 4 is 15.9 Å². The van der Waals surface area contributed by atoms with Gasteiger partial charge in [-0.15, -0.1) is 0 Å². The van der Waals surface area contributed by atoms with Crippen LogP contribution in [0.5, 0.6) is 0 Å². The Hall–Kier alpha value is -2.39. The van der Waals surface area contributed by atoms with Crippen molar-refractivity contribution in [3.63, 3.8) is 0 Å². The summed E-state index contributed by atoms with van der Waals surface area (Å²) in [6.45, 7) is 1.47. The molecule has 1 unspecified atom stereocenters. The van der Waals surface area contributed by atoms with E-state index in [1.807, 2.05) is 0 Å². The number of hydrogen-bond donors (Lipinski definition) is 2. The summed E-state index contributed by atoms with van der Waals surface area (Å²) in [7, 11) is -2.31. The molecule has 0 heterocycles. The van der Waals surface area contributed by atoms with Crippen LogP contribution in [0.15, 0.2) is 48.5 Å². The van der Waals surface area contributed by atoms with Crippen LogP contribution in [0.25, 0.3) is 0 Å². The van der Waals surface area contributed by atoms with Crippen LogP contribution < -0.4 is 10.0 Å². The number of sulfonamides is 1. The molecule has 0 aliphatic heterocycles. The molecule has 9 heteroatoms. The number of nitrogens with one attached hydrogen (secondary N) is 2. The zero-order chi connectivity index (χ0) is 20.2. The maximum absolute atomic E-state index is 12.8. The zero-order valence-corrected chi connectivity index (χ0v) is 15.5. The van der Waals surface area contributed by atoms with Gasteiger partial charge >= 0.3 is 6.18 Å². The fourth-order valence-electron chi connectivity index (χ4n) is 2.48. The summed E-state index contributed by atoms with van der Waals surface area (Å²) in [5, 5.41) is 2.46. The Labute approximate surface area is 155 Å². The number of halogens is 3. The molecule has 2 aromatic carbocycles. The third-order valence-corrected chi connectivity index (χ3v) is 5.30. The van der Waals surface area contributed by atoms with Crippen molar-refractivity contribution in [1.29, 1.82) is 0 Å². The van der Waals surface area contributed by atoms with Crippen LogP contribution in [0.1, 0.15) is 40.0 Å². The van der Waals surface area contributed by atoms with Gasteiger partial charge in [0.25, 0.3) is 5.91 Å². The molecule has 0 saturated carbocycles. The third kappa shape index (κ3) is 5.80. The molecule has 1 atom stereocenters. The topological polar surface area (TPSA) is 75.3 Å². The first-order valence-corrected chi connectivity index (χ1v) is 9.65. The standard InChI is InChI=1S/C18H19F3N2O3S/c1-12(15-4-3-5-16(10-15)18(19,20)21)23-27(25,26)11-13-6-8-14(9-7-13)17(24)22-2/h3-10,12,23H,11H2,1-2H3,(H,22,24). The van der Waals surface area contributed by atoms with Gasteiger partial charge in [0.1, 0.15) is 0 Å². The van der Waals surface area contributed by atoms with Gasteiger partial charge in [0, 0.05) is 18.7 Å². The van der Waals surface area contributed by atoms with Crippen LogP contribution in [0.2, 0.25) is 0 Å². The predicted octanol–water partition coefficient (Wildman–Crippen LogP) is 3.25. The average Bonchev–Trinajstić information content (AvgIpc) is 2.60. The minimum atomic E-state index is -4.50. The van der Waals surface area contributed by atoms with Gasteiger partial charge in [0.2, 0.25) is 10.0 Å². The first-order valence-electron chi connectivity index (χ1n) is 8.00. The SMILES string of the molecule is CNC(=O)c1ccc(CS(=O)(=O)NC(C)c2cccc(C(F)(F)F)c2)cc1. The van der Waals surface area contributed by atoms with Gasteiger partial charge in [0.15, 0.2) is 0 Å². The van der Waals surface area contributed by atoms with Crippen LogP contribution in [0, 0.1) is 0 Å². The van der Waals surface area contributed by atoms with Gasteiger partial charge in [0.05, 0.1) is 11.3 Å². The second kappa shape index (κ2) is 8.10. The van der Waals surface area contributed by atoms with Crippen LogP contribution in [0.3, 0.4) is 0 Å². The van der Waals surface area contributed by atoms with Crippen LogP contribution in [0.4, 0.5) is 13.2 Å². The predicted molar refractivity (Wildman–Crippen MR) is 95.5 cm³/mol. The van der Waals surface area contributed by atoms with Crippen molar-refractivity contribution < 1.29 is 26.4 Å². The van der Waals surface area contributed by atoms with Gasteiger partial charge in [-0.25, -0.2) is 13.1 Å². The van der Waals surface area contributed by atoms with Crippen LogP contribution in [-0.2, 0) is 22.0 Å². The number of hydrogen-bond acceptors (Lipinski definition) is 3. The number of carbonyl (C=O) groups is 1. The molecule has 146 valence electrons. The summed E-state index contributed by atoms with van der Waals surface area (Å²) in [5.41, 5.74) is 0.217. The second-order valence-corrected chi connectivity index (χ2v) is 7.75. The van der Waals surface area contributed by atoms with Gasteiger partial charge in [-0.3, -0.25) is 4.79 Å². The molecule has 0 fully saturated rings. The van der Waals surface area contributed by atoms with Gasteiger partial charge < -0.3 is 5.32 Å². The van der Waals surface area contributed by atoms with Gasteiger partial charge in [-0.2, -0.15) is 13.2 Å². The Kier molecular flexibility index (Phi) is 6.27. The van der Waals surface area contributed by atoms with Crippen molar-refractivity contribution in [3.05, 3.63) is 70.8 Å². The van der Waals surface area contributed by atoms with E-state index >= 15 is 0 Å². The van der Waals surface area contributed by atoms with Gasteiger partial charge in [-0.1, -0.05) is 24.3 Å². The summed E-state index contributed by atoms with van der Waals surface area (Å²) in [6, 6.07) is 9.71. The fraction of sp³-hybridized carbons (Fsp3) is 0.278. The van der Waals surface area contributed by atoms with Gasteiger partial charge in [-0.05, 0) is 42.3 Å². The number of benzene rings is 2. The highest BCUT2D eigenvalue weighted by Gasteiger charge is 2.31. The molecule has 0 spiro atoms. The van der Waals surface area contributed by atoms with Crippen molar-refractivity contribution in [2.75, 3.05) is 7.05 Å². The molecule has 5 nitrogen and oxygen atoms in total. The summed E-state index contributed by atoms with van der Waals surface area (Å²) in [4.78, 5) is 11.5. The first-order chi connectivity index (χ1) is 12.5. The Morgan fingerprint density at radius 1 is 1.11 bits per heavy atom. The molecule has 0 bridgehead atoms. The quantitative estimate of drug-likeness (QED) is 0.782. The number of carbonyl (C=O) groups excluding carboxylic acids is 1. The van der Waals surface area contributed by atoms with E-state index < -0.39 is 27.8 Å². The molecular formula is C18H19F3N2O3S. The highest BCUT2D eigenvalue weighted by Crippen LogP contribution is 2.30. The molecule has 2 rings (SSSR count). The Balaban J connectivity index is 2.10. The van der Waals surface area contributed by atoms with E-state index in [1.54, 1.807) is 0 Å². The van der Waals surface area contributed by atoms with E-state index in [0.717, 1.165) is 12.1 Å². The molecule has 0 radical (unpaired) electrons. The minimum Gasteiger partial charge on any atom is -0.355 e. The minimum absolute atomic E-state index is 0.211. The van der Waals surface area contributed by atoms with Crippen molar-refractivity contribution in [2.24, 2.45) is 0 Å². The molecule has 0 aliphatic rings. The van der Waals surface area contributed by atoms with Crippen molar-refractivity contribution in [2.45, 2.75) is 24.9 Å². The molecule has 27 heavy (non-hydrogen) atoms. The monoisotopic (exact) mass is 400 g/mol. The molecule has 1 amide bonds. The summed E-state index contributed by atoms with van der Waals surface area (Å²) in [5.74, 6) is -0.648. The maximum atomic E-state index is 12.8. The highest BCUT2D eigenvalue weighted by molar-refractivity contribution is 7.88. The maximum Gasteiger partial charge on any atom is 0.416 e. The second-order valence-electron chi connectivity index (χ2n) is 6.00. The molecule has 0 aliphatic carbocycles. The highest BCUT2D eigenvalue weighted by atomic mass is 32.2. The lowest BCUT2D eigenvalue weighted by Crippen LogP contribution is -2.28. The fourth-order valence-corrected chi connectivity index (χ4v) is 3.87. The average molecular weight is 400 g/mol. The van der Waals surface area contributed by atoms with Crippen LogP contribution in [-0.4, -0.2) is 21.4 Å². The number of alkyl halides is 3. The summed E-state index contributed by atoms with van der Waals surface area (Å²) < 4.78 is 65.4. The van der Waals surface area contributed by atoms with Crippen molar-refractivity contribution in [1.82, 2.24) is 10.0 Å².